The van der Waals surface area contributed by atoms with Crippen LogP contribution in [-0.4, -0.2) is 16.9 Å². The van der Waals surface area contributed by atoms with Crippen molar-refractivity contribution in [2.75, 3.05) is 18.2 Å². The Morgan fingerprint density at radius 1 is 1.40 bits per heavy atom. The Hall–Kier alpha value is -2.17. The van der Waals surface area contributed by atoms with Crippen molar-refractivity contribution in [1.82, 2.24) is 9.78 Å². The Bertz CT molecular complexity index is 604. The summed E-state index contributed by atoms with van der Waals surface area (Å²) in [5, 5.41) is 7.79. The number of nitrogens with zero attached hydrogens (tertiary/aromatic N) is 2. The zero-order valence-corrected chi connectivity index (χ0v) is 12.5. The number of aromatic nitrogens is 2. The lowest BCUT2D eigenvalue weighted by atomic mass is 10.2. The van der Waals surface area contributed by atoms with Gasteiger partial charge in [0.25, 0.3) is 0 Å². The van der Waals surface area contributed by atoms with Crippen molar-refractivity contribution < 1.29 is 4.74 Å². The predicted octanol–water partition coefficient (Wildman–Crippen LogP) is 3.02. The van der Waals surface area contributed by atoms with Crippen LogP contribution in [0.5, 0.6) is 5.75 Å². The molecule has 0 aliphatic carbocycles. The van der Waals surface area contributed by atoms with Crippen LogP contribution in [0, 0.1) is 6.92 Å². The highest BCUT2D eigenvalue weighted by molar-refractivity contribution is 5.72. The van der Waals surface area contributed by atoms with Crippen LogP contribution in [0.3, 0.4) is 0 Å². The van der Waals surface area contributed by atoms with E-state index in [4.69, 9.17) is 10.5 Å². The summed E-state index contributed by atoms with van der Waals surface area (Å²) >= 11 is 0. The molecule has 108 valence electrons. The highest BCUT2D eigenvalue weighted by Gasteiger charge is 2.13. The smallest absolute Gasteiger partial charge is 0.152 e. The van der Waals surface area contributed by atoms with E-state index in [9.17, 15) is 0 Å². The Kier molecular flexibility index (Phi) is 4.17. The molecule has 0 radical (unpaired) electrons. The van der Waals surface area contributed by atoms with Crippen LogP contribution in [0.4, 0.5) is 17.2 Å². The van der Waals surface area contributed by atoms with Gasteiger partial charge in [0.05, 0.1) is 18.5 Å². The van der Waals surface area contributed by atoms with Gasteiger partial charge in [0.1, 0.15) is 5.75 Å². The Morgan fingerprint density at radius 2 is 2.15 bits per heavy atom. The number of anilines is 3. The van der Waals surface area contributed by atoms with Gasteiger partial charge in [-0.1, -0.05) is 13.3 Å². The normalized spacial score (nSPS) is 10.6. The summed E-state index contributed by atoms with van der Waals surface area (Å²) in [4.78, 5) is 0. The zero-order valence-electron chi connectivity index (χ0n) is 12.5. The molecule has 2 aromatic rings. The SMILES string of the molecule is CCCc1nn(C)c(Nc2ccc(OC)c(C)c2)c1N. The van der Waals surface area contributed by atoms with Crippen LogP contribution in [0.1, 0.15) is 24.6 Å². The Balaban J connectivity index is 2.28. The molecule has 20 heavy (non-hydrogen) atoms. The Morgan fingerprint density at radius 3 is 2.75 bits per heavy atom. The minimum absolute atomic E-state index is 0.725. The molecule has 0 fully saturated rings. The summed E-state index contributed by atoms with van der Waals surface area (Å²) in [6.45, 7) is 4.13. The fourth-order valence-corrected chi connectivity index (χ4v) is 2.26. The monoisotopic (exact) mass is 274 g/mol. The summed E-state index contributed by atoms with van der Waals surface area (Å²) in [6.07, 6.45) is 1.92. The molecule has 0 aliphatic rings. The molecular formula is C15H22N4O. The average molecular weight is 274 g/mol. The van der Waals surface area contributed by atoms with Crippen molar-refractivity contribution in [1.29, 1.82) is 0 Å². The van der Waals surface area contributed by atoms with E-state index in [0.717, 1.165) is 47.0 Å². The highest BCUT2D eigenvalue weighted by Crippen LogP contribution is 2.28. The van der Waals surface area contributed by atoms with Crippen LogP contribution < -0.4 is 15.8 Å². The van der Waals surface area contributed by atoms with Gasteiger partial charge in [-0.3, -0.25) is 4.68 Å². The number of ether oxygens (including phenoxy) is 1. The van der Waals surface area contributed by atoms with E-state index in [1.54, 1.807) is 11.8 Å². The molecule has 0 saturated carbocycles. The first kappa shape index (κ1) is 14.2. The maximum absolute atomic E-state index is 6.16. The fourth-order valence-electron chi connectivity index (χ4n) is 2.26. The maximum atomic E-state index is 6.16. The Labute approximate surface area is 119 Å². The molecule has 3 N–H and O–H groups in total. The average Bonchev–Trinajstić information content (AvgIpc) is 2.67. The van der Waals surface area contributed by atoms with E-state index >= 15 is 0 Å². The second-order valence-electron chi connectivity index (χ2n) is 4.89. The summed E-state index contributed by atoms with van der Waals surface area (Å²) in [5.41, 5.74) is 9.88. The van der Waals surface area contributed by atoms with Crippen molar-refractivity contribution >= 4 is 17.2 Å². The first-order chi connectivity index (χ1) is 9.56. The molecule has 5 nitrogen and oxygen atoms in total. The van der Waals surface area contributed by atoms with Crippen LogP contribution in [-0.2, 0) is 13.5 Å². The van der Waals surface area contributed by atoms with Gasteiger partial charge in [0.15, 0.2) is 5.82 Å². The van der Waals surface area contributed by atoms with Gasteiger partial charge in [-0.05, 0) is 37.1 Å². The van der Waals surface area contributed by atoms with Gasteiger partial charge in [-0.25, -0.2) is 0 Å². The summed E-state index contributed by atoms with van der Waals surface area (Å²) in [5.74, 6) is 1.71. The summed E-state index contributed by atoms with van der Waals surface area (Å²) < 4.78 is 7.06. The van der Waals surface area contributed by atoms with Crippen LogP contribution in [0.2, 0.25) is 0 Å². The first-order valence-electron chi connectivity index (χ1n) is 6.79. The topological polar surface area (TPSA) is 65.1 Å². The minimum Gasteiger partial charge on any atom is -0.496 e. The number of hydrogen-bond donors (Lipinski definition) is 2. The summed E-state index contributed by atoms with van der Waals surface area (Å²) in [7, 11) is 3.57. The standard InChI is InChI=1S/C15H22N4O/c1-5-6-12-14(16)15(19(3)18-12)17-11-7-8-13(20-4)10(2)9-11/h7-9,17H,5-6,16H2,1-4H3. The molecule has 0 amide bonds. The third kappa shape index (κ3) is 2.71. The number of rotatable bonds is 5. The van der Waals surface area contributed by atoms with Crippen molar-refractivity contribution in [2.24, 2.45) is 7.05 Å². The second kappa shape index (κ2) is 5.86. The molecule has 1 heterocycles. The van der Waals surface area contributed by atoms with Crippen molar-refractivity contribution in [3.05, 3.63) is 29.5 Å². The van der Waals surface area contributed by atoms with E-state index in [1.807, 2.05) is 32.2 Å². The lowest BCUT2D eigenvalue weighted by Gasteiger charge is -2.10. The van der Waals surface area contributed by atoms with Crippen LogP contribution >= 0.6 is 0 Å². The number of nitrogens with two attached hydrogens (primary N) is 1. The van der Waals surface area contributed by atoms with E-state index < -0.39 is 0 Å². The maximum Gasteiger partial charge on any atom is 0.152 e. The van der Waals surface area contributed by atoms with Gasteiger partial charge in [-0.2, -0.15) is 5.10 Å². The molecule has 5 heteroatoms. The number of aryl methyl sites for hydroxylation is 3. The predicted molar refractivity (Wildman–Crippen MR) is 82.6 cm³/mol. The third-order valence-electron chi connectivity index (χ3n) is 3.30. The van der Waals surface area contributed by atoms with Gasteiger partial charge < -0.3 is 15.8 Å². The first-order valence-corrected chi connectivity index (χ1v) is 6.79. The van der Waals surface area contributed by atoms with Crippen LogP contribution in [0.15, 0.2) is 18.2 Å². The van der Waals surface area contributed by atoms with Gasteiger partial charge in [0, 0.05) is 12.7 Å². The number of benzene rings is 1. The van der Waals surface area contributed by atoms with E-state index in [-0.39, 0.29) is 0 Å². The van der Waals surface area contributed by atoms with Crippen molar-refractivity contribution in [3.63, 3.8) is 0 Å². The number of nitrogens with one attached hydrogen (secondary N) is 1. The second-order valence-corrected chi connectivity index (χ2v) is 4.89. The molecule has 2 rings (SSSR count). The lowest BCUT2D eigenvalue weighted by Crippen LogP contribution is -2.01. The molecule has 1 aromatic heterocycles. The van der Waals surface area contributed by atoms with Crippen molar-refractivity contribution in [3.8, 4) is 5.75 Å². The van der Waals surface area contributed by atoms with E-state index in [2.05, 4.69) is 17.3 Å². The zero-order chi connectivity index (χ0) is 14.7. The molecule has 0 aliphatic heterocycles. The van der Waals surface area contributed by atoms with Crippen molar-refractivity contribution in [2.45, 2.75) is 26.7 Å². The van der Waals surface area contributed by atoms with Crippen LogP contribution in [0.25, 0.3) is 0 Å². The molecule has 0 atom stereocenters. The molecule has 0 spiro atoms. The van der Waals surface area contributed by atoms with Gasteiger partial charge in [-0.15, -0.1) is 0 Å². The molecule has 0 saturated heterocycles. The van der Waals surface area contributed by atoms with Gasteiger partial charge >= 0.3 is 0 Å². The van der Waals surface area contributed by atoms with E-state index in [1.165, 1.54) is 0 Å². The van der Waals surface area contributed by atoms with Gasteiger partial charge in [0.2, 0.25) is 0 Å². The fraction of sp³-hybridized carbons (Fsp3) is 0.400. The quantitative estimate of drug-likeness (QED) is 0.879. The minimum atomic E-state index is 0.725. The number of methoxy groups -OCH3 is 1. The molecule has 0 unspecified atom stereocenters. The molecule has 0 bridgehead atoms. The van der Waals surface area contributed by atoms with E-state index in [0.29, 0.717) is 0 Å². The lowest BCUT2D eigenvalue weighted by molar-refractivity contribution is 0.412. The highest BCUT2D eigenvalue weighted by atomic mass is 16.5. The number of nitrogen functional groups attached to an aromatic ring is 1. The summed E-state index contributed by atoms with van der Waals surface area (Å²) in [6, 6.07) is 5.94. The molecular weight excluding hydrogens is 252 g/mol. The molecule has 1 aromatic carbocycles. The number of hydrogen-bond acceptors (Lipinski definition) is 4. The third-order valence-corrected chi connectivity index (χ3v) is 3.30. The largest absolute Gasteiger partial charge is 0.496 e.